The minimum Gasteiger partial charge on any atom is -0.458 e. The summed E-state index contributed by atoms with van der Waals surface area (Å²) in [6, 6.07) is 20.4. The smallest absolute Gasteiger partial charge is 0.169 e. The van der Waals surface area contributed by atoms with Crippen molar-refractivity contribution < 1.29 is 14.3 Å². The van der Waals surface area contributed by atoms with Crippen molar-refractivity contribution in [1.29, 1.82) is 0 Å². The second-order valence-corrected chi connectivity index (χ2v) is 8.19. The third-order valence-corrected chi connectivity index (χ3v) is 6.06. The molecule has 0 spiro atoms. The van der Waals surface area contributed by atoms with Crippen molar-refractivity contribution in [2.75, 3.05) is 19.6 Å². The number of nitrogens with zero attached hydrogens (tertiary/aromatic N) is 1. The van der Waals surface area contributed by atoms with Gasteiger partial charge in [-0.3, -0.25) is 4.79 Å². The van der Waals surface area contributed by atoms with Crippen LogP contribution in [0.1, 0.15) is 28.8 Å². The summed E-state index contributed by atoms with van der Waals surface area (Å²) in [6.07, 6.45) is 5.93. The van der Waals surface area contributed by atoms with E-state index in [2.05, 4.69) is 35.2 Å². The number of Topliss-reactive ketones (excluding diaryl/α,β-unsaturated/α-hetero) is 1. The Balaban J connectivity index is 1.19. The Labute approximate surface area is 176 Å². The van der Waals surface area contributed by atoms with E-state index in [-0.39, 0.29) is 5.78 Å². The lowest BCUT2D eigenvalue weighted by molar-refractivity contribution is 0.0968. The number of ketones is 1. The molecule has 0 aliphatic carbocycles. The maximum Gasteiger partial charge on any atom is 0.169 e. The number of rotatable bonds is 6. The molecule has 4 heteroatoms. The van der Waals surface area contributed by atoms with Crippen LogP contribution in [0.5, 0.6) is 11.5 Å². The standard InChI is InChI=1S/C26H25NO3/c28-24(9-11-27-10-8-20(18-27)14-19-4-2-1-3-5-19)22-7-6-21-16-25-26(17-23(21)15-22)30-13-12-29-25/h1-7,12-13,15-17,20H,8-11,14,18H2. The molecule has 0 bridgehead atoms. The first-order valence-electron chi connectivity index (χ1n) is 10.6. The van der Waals surface area contributed by atoms with E-state index in [1.807, 2.05) is 30.3 Å². The fraction of sp³-hybridized carbons (Fsp3) is 0.269. The van der Waals surface area contributed by atoms with Crippen molar-refractivity contribution in [3.8, 4) is 11.5 Å². The first-order valence-corrected chi connectivity index (χ1v) is 10.6. The van der Waals surface area contributed by atoms with E-state index in [1.165, 1.54) is 24.5 Å². The SMILES string of the molecule is O=C(CCN1CCC(Cc2ccccc2)C1)c1ccc2cc3c(cc2c1)OC=CO3. The molecule has 3 aromatic rings. The number of ether oxygens (including phenoxy) is 2. The number of likely N-dealkylation sites (tertiary alicyclic amines) is 1. The van der Waals surface area contributed by atoms with Crippen LogP contribution in [0.3, 0.4) is 0 Å². The Bertz CT molecular complexity index is 1090. The maximum atomic E-state index is 12.8. The molecular formula is C26H25NO3. The zero-order valence-corrected chi connectivity index (χ0v) is 16.9. The monoisotopic (exact) mass is 399 g/mol. The van der Waals surface area contributed by atoms with Crippen molar-refractivity contribution in [3.05, 3.63) is 84.3 Å². The molecule has 2 aliphatic heterocycles. The van der Waals surface area contributed by atoms with Crippen LogP contribution >= 0.6 is 0 Å². The molecule has 1 unspecified atom stereocenters. The predicted octanol–water partition coefficient (Wildman–Crippen LogP) is 5.22. The van der Waals surface area contributed by atoms with Gasteiger partial charge >= 0.3 is 0 Å². The van der Waals surface area contributed by atoms with Crippen molar-refractivity contribution in [3.63, 3.8) is 0 Å². The van der Waals surface area contributed by atoms with Gasteiger partial charge in [-0.2, -0.15) is 0 Å². The zero-order valence-electron chi connectivity index (χ0n) is 16.9. The van der Waals surface area contributed by atoms with Gasteiger partial charge in [-0.25, -0.2) is 0 Å². The predicted molar refractivity (Wildman–Crippen MR) is 118 cm³/mol. The minimum atomic E-state index is 0.193. The summed E-state index contributed by atoms with van der Waals surface area (Å²) in [5, 5.41) is 2.02. The van der Waals surface area contributed by atoms with Gasteiger partial charge in [0, 0.05) is 25.1 Å². The molecule has 2 aliphatic rings. The van der Waals surface area contributed by atoms with Gasteiger partial charge < -0.3 is 14.4 Å². The quantitative estimate of drug-likeness (QED) is 0.533. The summed E-state index contributed by atoms with van der Waals surface area (Å²) >= 11 is 0. The van der Waals surface area contributed by atoms with Gasteiger partial charge in [-0.05, 0) is 59.8 Å². The first kappa shape index (κ1) is 18.9. The molecule has 0 aromatic heterocycles. The number of carbonyl (C=O) groups excluding carboxylic acids is 1. The topological polar surface area (TPSA) is 38.8 Å². The first-order chi connectivity index (χ1) is 14.7. The second-order valence-electron chi connectivity index (χ2n) is 8.19. The van der Waals surface area contributed by atoms with E-state index >= 15 is 0 Å². The molecule has 1 fully saturated rings. The van der Waals surface area contributed by atoms with Crippen LogP contribution in [0.25, 0.3) is 10.8 Å². The van der Waals surface area contributed by atoms with E-state index < -0.39 is 0 Å². The lowest BCUT2D eigenvalue weighted by Gasteiger charge is -2.16. The highest BCUT2D eigenvalue weighted by Crippen LogP contribution is 2.35. The Morgan fingerprint density at radius 3 is 2.50 bits per heavy atom. The molecule has 0 saturated carbocycles. The highest BCUT2D eigenvalue weighted by molar-refractivity contribution is 6.00. The van der Waals surface area contributed by atoms with Gasteiger partial charge in [-0.15, -0.1) is 0 Å². The highest BCUT2D eigenvalue weighted by atomic mass is 16.5. The molecule has 3 aromatic carbocycles. The molecule has 0 N–H and O–H groups in total. The van der Waals surface area contributed by atoms with Crippen LogP contribution in [0.4, 0.5) is 0 Å². The Morgan fingerprint density at radius 1 is 0.933 bits per heavy atom. The van der Waals surface area contributed by atoms with E-state index in [0.717, 1.165) is 42.4 Å². The van der Waals surface area contributed by atoms with E-state index in [1.54, 1.807) is 0 Å². The molecule has 1 atom stereocenters. The molecule has 1 saturated heterocycles. The van der Waals surface area contributed by atoms with E-state index in [9.17, 15) is 4.79 Å². The lowest BCUT2D eigenvalue weighted by Crippen LogP contribution is -2.24. The number of fused-ring (bicyclic) bond motifs is 2. The Kier molecular flexibility index (Phi) is 5.24. The summed E-state index contributed by atoms with van der Waals surface area (Å²) in [6.45, 7) is 2.99. The van der Waals surface area contributed by atoms with E-state index in [4.69, 9.17) is 9.47 Å². The van der Waals surface area contributed by atoms with Crippen molar-refractivity contribution in [2.24, 2.45) is 5.92 Å². The van der Waals surface area contributed by atoms with Crippen LogP contribution in [-0.4, -0.2) is 30.3 Å². The molecule has 0 radical (unpaired) electrons. The van der Waals surface area contributed by atoms with Crippen LogP contribution in [-0.2, 0) is 6.42 Å². The largest absolute Gasteiger partial charge is 0.458 e. The summed E-state index contributed by atoms with van der Waals surface area (Å²) in [4.78, 5) is 15.2. The summed E-state index contributed by atoms with van der Waals surface area (Å²) < 4.78 is 11.0. The van der Waals surface area contributed by atoms with E-state index in [0.29, 0.717) is 23.8 Å². The Morgan fingerprint density at radius 2 is 1.70 bits per heavy atom. The van der Waals surface area contributed by atoms with Crippen LogP contribution < -0.4 is 9.47 Å². The lowest BCUT2D eigenvalue weighted by atomic mass is 9.99. The number of carbonyl (C=O) groups is 1. The van der Waals surface area contributed by atoms with Gasteiger partial charge in [0.1, 0.15) is 12.5 Å². The zero-order chi connectivity index (χ0) is 20.3. The average Bonchev–Trinajstić information content (AvgIpc) is 3.23. The van der Waals surface area contributed by atoms with Crippen molar-refractivity contribution in [2.45, 2.75) is 19.3 Å². The normalized spacial score (nSPS) is 18.1. The van der Waals surface area contributed by atoms with Gasteiger partial charge in [0.25, 0.3) is 0 Å². The fourth-order valence-corrected chi connectivity index (χ4v) is 4.45. The Hall–Kier alpha value is -3.11. The number of hydrogen-bond acceptors (Lipinski definition) is 4. The maximum absolute atomic E-state index is 12.8. The van der Waals surface area contributed by atoms with Crippen LogP contribution in [0, 0.1) is 5.92 Å². The molecular weight excluding hydrogens is 374 g/mol. The molecule has 5 rings (SSSR count). The molecule has 152 valence electrons. The molecule has 2 heterocycles. The molecule has 0 amide bonds. The number of benzene rings is 3. The fourth-order valence-electron chi connectivity index (χ4n) is 4.45. The van der Waals surface area contributed by atoms with Gasteiger partial charge in [0.2, 0.25) is 0 Å². The van der Waals surface area contributed by atoms with Crippen LogP contribution in [0.2, 0.25) is 0 Å². The molecule has 4 nitrogen and oxygen atoms in total. The van der Waals surface area contributed by atoms with Gasteiger partial charge in [0.15, 0.2) is 17.3 Å². The second kappa shape index (κ2) is 8.33. The molecule has 30 heavy (non-hydrogen) atoms. The average molecular weight is 399 g/mol. The van der Waals surface area contributed by atoms with Crippen molar-refractivity contribution >= 4 is 16.6 Å². The van der Waals surface area contributed by atoms with Crippen LogP contribution in [0.15, 0.2) is 73.2 Å². The summed E-state index contributed by atoms with van der Waals surface area (Å²) in [7, 11) is 0. The summed E-state index contributed by atoms with van der Waals surface area (Å²) in [5.41, 5.74) is 2.17. The van der Waals surface area contributed by atoms with Gasteiger partial charge in [0.05, 0.1) is 0 Å². The number of hydrogen-bond donors (Lipinski definition) is 0. The highest BCUT2D eigenvalue weighted by Gasteiger charge is 2.23. The third-order valence-electron chi connectivity index (χ3n) is 6.06. The van der Waals surface area contributed by atoms with Gasteiger partial charge in [-0.1, -0.05) is 42.5 Å². The van der Waals surface area contributed by atoms with Crippen molar-refractivity contribution in [1.82, 2.24) is 4.90 Å². The third kappa shape index (κ3) is 4.10. The summed E-state index contributed by atoms with van der Waals surface area (Å²) in [5.74, 6) is 2.25. The minimum absolute atomic E-state index is 0.193.